The van der Waals surface area contributed by atoms with Gasteiger partial charge < -0.3 is 5.32 Å². The Balaban J connectivity index is 1.81. The summed E-state index contributed by atoms with van der Waals surface area (Å²) in [6, 6.07) is 13.0. The second kappa shape index (κ2) is 4.88. The highest BCUT2D eigenvalue weighted by Gasteiger charge is 2.38. The molecule has 0 unspecified atom stereocenters. The van der Waals surface area contributed by atoms with Crippen molar-refractivity contribution in [3.63, 3.8) is 0 Å². The Kier molecular flexibility index (Phi) is 3.00. The Hall–Kier alpha value is -1.80. The van der Waals surface area contributed by atoms with Crippen LogP contribution < -0.4 is 5.32 Å². The van der Waals surface area contributed by atoms with Crippen molar-refractivity contribution in [2.24, 2.45) is 5.92 Å². The molecule has 0 spiro atoms. The van der Waals surface area contributed by atoms with E-state index in [9.17, 15) is 4.39 Å². The topological polar surface area (TPSA) is 12.0 Å². The molecule has 0 aromatic heterocycles. The first kappa shape index (κ1) is 12.9. The fourth-order valence-electron chi connectivity index (χ4n) is 3.58. The van der Waals surface area contributed by atoms with Crippen LogP contribution in [0.2, 0.25) is 5.02 Å². The van der Waals surface area contributed by atoms with Gasteiger partial charge in [0.15, 0.2) is 0 Å². The number of rotatable bonds is 1. The predicted molar refractivity (Wildman–Crippen MR) is 84.2 cm³/mol. The molecule has 2 aliphatic rings. The summed E-state index contributed by atoms with van der Waals surface area (Å²) in [7, 11) is 0. The summed E-state index contributed by atoms with van der Waals surface area (Å²) < 4.78 is 13.2. The minimum absolute atomic E-state index is 0.165. The van der Waals surface area contributed by atoms with Crippen LogP contribution in [0.25, 0.3) is 0 Å². The second-order valence-electron chi connectivity index (χ2n) is 5.73. The van der Waals surface area contributed by atoms with Crippen LogP contribution in [0.5, 0.6) is 0 Å². The van der Waals surface area contributed by atoms with E-state index in [0.29, 0.717) is 11.8 Å². The fraction of sp³-hybridized carbons (Fsp3) is 0.222. The summed E-state index contributed by atoms with van der Waals surface area (Å²) in [5, 5.41) is 4.33. The molecule has 1 aliphatic carbocycles. The van der Waals surface area contributed by atoms with Gasteiger partial charge in [-0.3, -0.25) is 0 Å². The molecule has 1 nitrogen and oxygen atoms in total. The zero-order valence-corrected chi connectivity index (χ0v) is 12.1. The van der Waals surface area contributed by atoms with Crippen molar-refractivity contribution in [2.75, 3.05) is 5.32 Å². The van der Waals surface area contributed by atoms with Gasteiger partial charge in [-0.25, -0.2) is 4.39 Å². The van der Waals surface area contributed by atoms with Crippen molar-refractivity contribution in [3.05, 3.63) is 76.6 Å². The first-order valence-corrected chi connectivity index (χ1v) is 7.59. The summed E-state index contributed by atoms with van der Waals surface area (Å²) >= 11 is 6.36. The molecule has 3 heteroatoms. The van der Waals surface area contributed by atoms with Gasteiger partial charge in [-0.15, -0.1) is 0 Å². The maximum absolute atomic E-state index is 13.2. The number of hydrogen-bond donors (Lipinski definition) is 1. The van der Waals surface area contributed by atoms with Gasteiger partial charge >= 0.3 is 0 Å². The number of nitrogens with one attached hydrogen (secondary N) is 1. The molecule has 1 heterocycles. The van der Waals surface area contributed by atoms with Crippen molar-refractivity contribution in [3.8, 4) is 0 Å². The smallest absolute Gasteiger partial charge is 0.123 e. The van der Waals surface area contributed by atoms with E-state index in [-0.39, 0.29) is 11.9 Å². The number of benzene rings is 2. The monoisotopic (exact) mass is 299 g/mol. The molecule has 106 valence electrons. The Labute approximate surface area is 128 Å². The molecule has 0 fully saturated rings. The van der Waals surface area contributed by atoms with E-state index in [4.69, 9.17) is 11.6 Å². The molecular weight excluding hydrogens is 285 g/mol. The van der Waals surface area contributed by atoms with Gasteiger partial charge in [0, 0.05) is 5.92 Å². The Bertz CT molecular complexity index is 708. The minimum Gasteiger partial charge on any atom is -0.376 e. The van der Waals surface area contributed by atoms with Gasteiger partial charge in [0.1, 0.15) is 5.82 Å². The summed E-state index contributed by atoms with van der Waals surface area (Å²) in [6.07, 6.45) is 5.55. The van der Waals surface area contributed by atoms with E-state index in [2.05, 4.69) is 23.5 Å². The van der Waals surface area contributed by atoms with Crippen molar-refractivity contribution < 1.29 is 4.39 Å². The summed E-state index contributed by atoms with van der Waals surface area (Å²) in [5.74, 6) is 0.644. The Morgan fingerprint density at radius 3 is 2.71 bits per heavy atom. The molecule has 2 aromatic rings. The lowest BCUT2D eigenvalue weighted by molar-refractivity contribution is 0.425. The highest BCUT2D eigenvalue weighted by atomic mass is 35.5. The molecular formula is C18H15ClFN. The van der Waals surface area contributed by atoms with Crippen LogP contribution in [0.4, 0.5) is 10.1 Å². The first-order chi connectivity index (χ1) is 10.2. The van der Waals surface area contributed by atoms with Crippen LogP contribution >= 0.6 is 11.6 Å². The van der Waals surface area contributed by atoms with E-state index in [1.807, 2.05) is 24.3 Å². The zero-order chi connectivity index (χ0) is 14.4. The van der Waals surface area contributed by atoms with Gasteiger partial charge in [-0.05, 0) is 41.7 Å². The summed E-state index contributed by atoms with van der Waals surface area (Å²) in [4.78, 5) is 0. The Morgan fingerprint density at radius 2 is 1.90 bits per heavy atom. The average molecular weight is 300 g/mol. The maximum Gasteiger partial charge on any atom is 0.123 e. The largest absolute Gasteiger partial charge is 0.376 e. The quantitative estimate of drug-likeness (QED) is 0.704. The average Bonchev–Trinajstić information content (AvgIpc) is 2.98. The van der Waals surface area contributed by atoms with E-state index >= 15 is 0 Å². The second-order valence-corrected chi connectivity index (χ2v) is 6.14. The van der Waals surface area contributed by atoms with Gasteiger partial charge in [0.05, 0.1) is 16.8 Å². The van der Waals surface area contributed by atoms with Crippen LogP contribution in [0.1, 0.15) is 29.5 Å². The molecule has 4 rings (SSSR count). The van der Waals surface area contributed by atoms with Gasteiger partial charge in [0.25, 0.3) is 0 Å². The van der Waals surface area contributed by atoms with E-state index in [1.165, 1.54) is 17.7 Å². The van der Waals surface area contributed by atoms with E-state index < -0.39 is 0 Å². The SMILES string of the molecule is Fc1ccc([C@H]2Nc3c(Cl)cccc3[C@@H]3C=CC[C@@H]23)cc1. The highest BCUT2D eigenvalue weighted by Crippen LogP contribution is 2.51. The highest BCUT2D eigenvalue weighted by molar-refractivity contribution is 6.33. The number of fused-ring (bicyclic) bond motifs is 3. The van der Waals surface area contributed by atoms with Crippen molar-refractivity contribution in [1.29, 1.82) is 0 Å². The van der Waals surface area contributed by atoms with Gasteiger partial charge in [-0.2, -0.15) is 0 Å². The predicted octanol–water partition coefficient (Wildman–Crippen LogP) is 5.31. The van der Waals surface area contributed by atoms with Crippen molar-refractivity contribution >= 4 is 17.3 Å². The minimum atomic E-state index is -0.200. The fourth-order valence-corrected chi connectivity index (χ4v) is 3.82. The standard InChI is InChI=1S/C18H15ClFN/c19-16-6-2-5-15-13-3-1-4-14(13)17(21-18(15)16)11-7-9-12(20)10-8-11/h1-3,5-10,13-14,17,21H,4H2/t13-,14-,17-/m1/s1. The first-order valence-electron chi connectivity index (χ1n) is 7.21. The van der Waals surface area contributed by atoms with Gasteiger partial charge in [0.2, 0.25) is 0 Å². The molecule has 0 radical (unpaired) electrons. The van der Waals surface area contributed by atoms with Crippen LogP contribution in [0, 0.1) is 11.7 Å². The van der Waals surface area contributed by atoms with E-state index in [0.717, 1.165) is 22.7 Å². The van der Waals surface area contributed by atoms with Crippen LogP contribution in [-0.2, 0) is 0 Å². The third kappa shape index (κ3) is 2.06. The molecule has 1 aliphatic heterocycles. The number of hydrogen-bond acceptors (Lipinski definition) is 1. The summed E-state index contributed by atoms with van der Waals surface area (Å²) in [5.41, 5.74) is 3.39. The lowest BCUT2D eigenvalue weighted by Gasteiger charge is -2.38. The molecule has 0 bridgehead atoms. The normalized spacial score (nSPS) is 26.1. The molecule has 2 aromatic carbocycles. The Morgan fingerprint density at radius 1 is 1.10 bits per heavy atom. The number of anilines is 1. The maximum atomic E-state index is 13.2. The van der Waals surface area contributed by atoms with Crippen molar-refractivity contribution in [2.45, 2.75) is 18.4 Å². The third-order valence-electron chi connectivity index (χ3n) is 4.58. The third-order valence-corrected chi connectivity index (χ3v) is 4.89. The van der Waals surface area contributed by atoms with E-state index in [1.54, 1.807) is 0 Å². The summed E-state index contributed by atoms with van der Waals surface area (Å²) in [6.45, 7) is 0. The van der Waals surface area contributed by atoms with Crippen LogP contribution in [-0.4, -0.2) is 0 Å². The lowest BCUT2D eigenvalue weighted by atomic mass is 9.77. The number of allylic oxidation sites excluding steroid dienone is 2. The van der Waals surface area contributed by atoms with Crippen molar-refractivity contribution in [1.82, 2.24) is 0 Å². The van der Waals surface area contributed by atoms with Crippen LogP contribution in [0.3, 0.4) is 0 Å². The molecule has 0 saturated heterocycles. The molecule has 0 amide bonds. The molecule has 3 atom stereocenters. The number of halogens is 2. The molecule has 0 saturated carbocycles. The number of para-hydroxylation sites is 1. The van der Waals surface area contributed by atoms with Crippen LogP contribution in [0.15, 0.2) is 54.6 Å². The zero-order valence-electron chi connectivity index (χ0n) is 11.4. The molecule has 21 heavy (non-hydrogen) atoms. The van der Waals surface area contributed by atoms with Gasteiger partial charge in [-0.1, -0.05) is 48.0 Å². The molecule has 1 N–H and O–H groups in total. The lowest BCUT2D eigenvalue weighted by Crippen LogP contribution is -2.29.